The molecule has 8 nitrogen and oxygen atoms in total. The van der Waals surface area contributed by atoms with E-state index in [9.17, 15) is 29.1 Å². The first-order valence-corrected chi connectivity index (χ1v) is 14.0. The van der Waals surface area contributed by atoms with Gasteiger partial charge in [0.2, 0.25) is 11.9 Å². The van der Waals surface area contributed by atoms with Crippen LogP contribution in [0.3, 0.4) is 0 Å². The summed E-state index contributed by atoms with van der Waals surface area (Å²) in [5.74, 6) is -5.54. The van der Waals surface area contributed by atoms with Crippen molar-refractivity contribution in [3.63, 3.8) is 0 Å². The minimum atomic E-state index is -1.75. The maximum Gasteiger partial charge on any atom is 0.382 e. The van der Waals surface area contributed by atoms with Crippen LogP contribution in [0.2, 0.25) is 0 Å². The van der Waals surface area contributed by atoms with Gasteiger partial charge in [-0.05, 0) is 12.8 Å². The second-order valence-electron chi connectivity index (χ2n) is 9.51. The van der Waals surface area contributed by atoms with Crippen LogP contribution in [-0.4, -0.2) is 40.9 Å². The number of hydrogen-bond acceptors (Lipinski definition) is 7. The summed E-state index contributed by atoms with van der Waals surface area (Å²) in [6, 6.07) is 0. The molecule has 0 amide bonds. The molecule has 1 N–H and O–H groups in total. The lowest BCUT2D eigenvalue weighted by Crippen LogP contribution is -2.32. The van der Waals surface area contributed by atoms with Crippen LogP contribution in [0.5, 0.6) is 0 Å². The third kappa shape index (κ3) is 20.0. The van der Waals surface area contributed by atoms with Gasteiger partial charge >= 0.3 is 23.9 Å². The average molecular weight is 513 g/mol. The van der Waals surface area contributed by atoms with Crippen molar-refractivity contribution >= 4 is 29.7 Å². The molecule has 0 aromatic heterocycles. The normalized spacial score (nSPS) is 11.6. The monoisotopic (exact) mass is 512 g/mol. The average Bonchev–Trinajstić information content (AvgIpc) is 2.83. The zero-order chi connectivity index (χ0) is 27.0. The number of ether oxygens (including phenoxy) is 2. The van der Waals surface area contributed by atoms with Crippen molar-refractivity contribution in [3.8, 4) is 0 Å². The molecule has 0 bridgehead atoms. The van der Waals surface area contributed by atoms with Crippen molar-refractivity contribution in [1.82, 2.24) is 0 Å². The van der Waals surface area contributed by atoms with Gasteiger partial charge in [-0.2, -0.15) is 0 Å². The highest BCUT2D eigenvalue weighted by Gasteiger charge is 2.28. The van der Waals surface area contributed by atoms with E-state index in [4.69, 9.17) is 4.74 Å². The second-order valence-corrected chi connectivity index (χ2v) is 9.51. The van der Waals surface area contributed by atoms with E-state index in [0.29, 0.717) is 12.8 Å². The zero-order valence-electron chi connectivity index (χ0n) is 22.5. The molecule has 208 valence electrons. The molecule has 0 radical (unpaired) electrons. The Bertz CT molecular complexity index is 643. The third-order valence-corrected chi connectivity index (χ3v) is 6.08. The first-order chi connectivity index (χ1) is 17.3. The van der Waals surface area contributed by atoms with Gasteiger partial charge in [-0.15, -0.1) is 0 Å². The number of unbranched alkanes of at least 4 members (excludes halogenated alkanes) is 15. The molecule has 0 saturated carbocycles. The fourth-order valence-corrected chi connectivity index (χ4v) is 3.85. The Morgan fingerprint density at radius 2 is 1.00 bits per heavy atom. The van der Waals surface area contributed by atoms with Gasteiger partial charge in [0, 0.05) is 12.8 Å². The number of aliphatic carboxylic acids is 1. The topological polar surface area (TPSA) is 124 Å². The highest BCUT2D eigenvalue weighted by molar-refractivity contribution is 6.35. The molecule has 0 spiro atoms. The molecule has 0 aromatic carbocycles. The number of ketones is 1. The number of hydrogen-bond donors (Lipinski definition) is 1. The molecule has 0 aliphatic carbocycles. The summed E-state index contributed by atoms with van der Waals surface area (Å²) >= 11 is 0. The molecular weight excluding hydrogens is 464 g/mol. The van der Waals surface area contributed by atoms with Crippen LogP contribution in [0.25, 0.3) is 0 Å². The van der Waals surface area contributed by atoms with Gasteiger partial charge in [-0.3, -0.25) is 14.4 Å². The quantitative estimate of drug-likeness (QED) is 0.0676. The SMILES string of the molecule is CCCCCCCCCCCCCC(=O)OC(CC(=O)OC(=O)C(=O)CCCCCCCC)C(=O)O. The zero-order valence-corrected chi connectivity index (χ0v) is 22.5. The van der Waals surface area contributed by atoms with Crippen molar-refractivity contribution in [2.45, 2.75) is 148 Å². The van der Waals surface area contributed by atoms with E-state index in [1.54, 1.807) is 0 Å². The highest BCUT2D eigenvalue weighted by atomic mass is 16.6. The van der Waals surface area contributed by atoms with E-state index in [2.05, 4.69) is 18.6 Å². The maximum atomic E-state index is 12.0. The lowest BCUT2D eigenvalue weighted by atomic mass is 10.1. The van der Waals surface area contributed by atoms with Gasteiger partial charge in [0.15, 0.2) is 0 Å². The largest absolute Gasteiger partial charge is 0.478 e. The lowest BCUT2D eigenvalue weighted by Gasteiger charge is -2.13. The summed E-state index contributed by atoms with van der Waals surface area (Å²) in [5.41, 5.74) is 0. The number of carbonyl (C=O) groups is 5. The van der Waals surface area contributed by atoms with E-state index in [0.717, 1.165) is 51.4 Å². The van der Waals surface area contributed by atoms with Crippen molar-refractivity contribution < 1.29 is 38.6 Å². The summed E-state index contributed by atoms with van der Waals surface area (Å²) < 4.78 is 9.35. The van der Waals surface area contributed by atoms with Gasteiger partial charge in [0.25, 0.3) is 0 Å². The fraction of sp³-hybridized carbons (Fsp3) is 0.821. The van der Waals surface area contributed by atoms with Crippen molar-refractivity contribution in [2.24, 2.45) is 0 Å². The molecule has 0 aromatic rings. The van der Waals surface area contributed by atoms with Gasteiger partial charge in [-0.25, -0.2) is 9.59 Å². The second kappa shape index (κ2) is 23.2. The van der Waals surface area contributed by atoms with Crippen LogP contribution in [-0.2, 0) is 33.4 Å². The molecule has 1 atom stereocenters. The number of carbonyl (C=O) groups excluding carboxylic acids is 4. The Balaban J connectivity index is 4.05. The maximum absolute atomic E-state index is 12.0. The van der Waals surface area contributed by atoms with Gasteiger partial charge in [0.1, 0.15) is 0 Å². The summed E-state index contributed by atoms with van der Waals surface area (Å²) in [4.78, 5) is 58.9. The first-order valence-electron chi connectivity index (χ1n) is 14.0. The molecule has 0 saturated heterocycles. The van der Waals surface area contributed by atoms with Crippen LogP contribution in [0.15, 0.2) is 0 Å². The van der Waals surface area contributed by atoms with E-state index < -0.39 is 42.2 Å². The molecule has 36 heavy (non-hydrogen) atoms. The summed E-state index contributed by atoms with van der Waals surface area (Å²) in [5, 5.41) is 9.24. The Morgan fingerprint density at radius 3 is 1.44 bits per heavy atom. The van der Waals surface area contributed by atoms with Crippen LogP contribution < -0.4 is 0 Å². The van der Waals surface area contributed by atoms with Crippen LogP contribution in [0.1, 0.15) is 142 Å². The summed E-state index contributed by atoms with van der Waals surface area (Å²) in [6.45, 7) is 4.31. The van der Waals surface area contributed by atoms with Gasteiger partial charge in [-0.1, -0.05) is 110 Å². The van der Waals surface area contributed by atoms with Crippen molar-refractivity contribution in [1.29, 1.82) is 0 Å². The molecular formula is C28H48O8. The van der Waals surface area contributed by atoms with E-state index in [-0.39, 0.29) is 12.8 Å². The minimum Gasteiger partial charge on any atom is -0.478 e. The number of Topliss-reactive ketones (excluding diaryl/α,β-unsaturated/α-hetero) is 1. The van der Waals surface area contributed by atoms with Gasteiger partial charge < -0.3 is 14.6 Å². The Morgan fingerprint density at radius 1 is 0.583 bits per heavy atom. The predicted molar refractivity (Wildman–Crippen MR) is 137 cm³/mol. The van der Waals surface area contributed by atoms with Gasteiger partial charge in [0.05, 0.1) is 6.42 Å². The molecule has 1 unspecified atom stereocenters. The van der Waals surface area contributed by atoms with Crippen LogP contribution in [0.4, 0.5) is 0 Å². The molecule has 0 aliphatic heterocycles. The smallest absolute Gasteiger partial charge is 0.382 e. The summed E-state index contributed by atoms with van der Waals surface area (Å²) in [7, 11) is 0. The minimum absolute atomic E-state index is 0.0193. The third-order valence-electron chi connectivity index (χ3n) is 6.08. The number of esters is 3. The molecule has 0 aliphatic rings. The molecule has 0 rings (SSSR count). The predicted octanol–water partition coefficient (Wildman–Crippen LogP) is 6.46. The van der Waals surface area contributed by atoms with Crippen LogP contribution in [0, 0.1) is 0 Å². The van der Waals surface area contributed by atoms with E-state index >= 15 is 0 Å². The Labute approximate surface area is 216 Å². The molecule has 8 heteroatoms. The van der Waals surface area contributed by atoms with Crippen LogP contribution >= 0.6 is 0 Å². The summed E-state index contributed by atoms with van der Waals surface area (Å²) in [6.07, 6.45) is 15.5. The fourth-order valence-electron chi connectivity index (χ4n) is 3.85. The number of carboxylic acids is 1. The standard InChI is InChI=1S/C28H48O8/c1-3-5-7-9-11-12-13-14-15-17-19-21-25(30)35-24(27(32)33)22-26(31)36-28(34)23(29)20-18-16-10-8-6-4-2/h24H,3-22H2,1-2H3,(H,32,33). The first kappa shape index (κ1) is 33.8. The number of rotatable bonds is 24. The lowest BCUT2D eigenvalue weighted by molar-refractivity contribution is -0.172. The van der Waals surface area contributed by atoms with E-state index in [1.165, 1.54) is 44.9 Å². The molecule has 0 fully saturated rings. The Hall–Kier alpha value is -2.25. The molecule has 0 heterocycles. The highest BCUT2D eigenvalue weighted by Crippen LogP contribution is 2.13. The number of carboxylic acid groups (broad SMARTS) is 1. The van der Waals surface area contributed by atoms with Crippen molar-refractivity contribution in [3.05, 3.63) is 0 Å². The van der Waals surface area contributed by atoms with E-state index in [1.807, 2.05) is 0 Å². The van der Waals surface area contributed by atoms with Crippen molar-refractivity contribution in [2.75, 3.05) is 0 Å². The Kier molecular flexibility index (Phi) is 21.7.